The summed E-state index contributed by atoms with van der Waals surface area (Å²) in [6, 6.07) is 7.90. The van der Waals surface area contributed by atoms with Crippen molar-refractivity contribution in [2.75, 3.05) is 18.4 Å². The van der Waals surface area contributed by atoms with Crippen LogP contribution in [-0.2, 0) is 11.3 Å². The Hall–Kier alpha value is -1.31. The highest BCUT2D eigenvalue weighted by Crippen LogP contribution is 2.27. The molecule has 3 N–H and O–H groups in total. The number of carbonyl (C=O) groups is 1. The molecule has 3 rings (SSSR count). The average molecular weight is 456 g/mol. The third-order valence-corrected chi connectivity index (χ3v) is 5.08. The summed E-state index contributed by atoms with van der Waals surface area (Å²) >= 11 is 0. The van der Waals surface area contributed by atoms with Crippen LogP contribution in [0.3, 0.4) is 0 Å². The van der Waals surface area contributed by atoms with Crippen molar-refractivity contribution in [1.29, 1.82) is 0 Å². The van der Waals surface area contributed by atoms with E-state index in [1.54, 1.807) is 0 Å². The molecule has 1 heterocycles. The number of aliphatic imine (C=N–C) groups is 1. The Morgan fingerprint density at radius 3 is 2.80 bits per heavy atom. The number of nitrogens with zero attached hydrogens (tertiary/aromatic N) is 2. The van der Waals surface area contributed by atoms with Gasteiger partial charge in [-0.15, -0.1) is 24.0 Å². The predicted octanol–water partition coefficient (Wildman–Crippen LogP) is 3.59. The maximum absolute atomic E-state index is 12.0. The van der Waals surface area contributed by atoms with E-state index < -0.39 is 0 Å². The quantitative estimate of drug-likeness (QED) is 0.413. The summed E-state index contributed by atoms with van der Waals surface area (Å²) in [6.45, 7) is 4.79. The molecule has 2 aliphatic rings. The highest BCUT2D eigenvalue weighted by molar-refractivity contribution is 14.0. The van der Waals surface area contributed by atoms with E-state index in [1.165, 1.54) is 19.3 Å². The lowest BCUT2D eigenvalue weighted by Gasteiger charge is -2.31. The lowest BCUT2D eigenvalue weighted by molar-refractivity contribution is -0.122. The van der Waals surface area contributed by atoms with Crippen LogP contribution in [0.25, 0.3) is 0 Å². The molecule has 1 unspecified atom stereocenters. The van der Waals surface area contributed by atoms with Crippen molar-refractivity contribution in [3.8, 4) is 0 Å². The molecule has 1 atom stereocenters. The van der Waals surface area contributed by atoms with Gasteiger partial charge in [-0.25, -0.2) is 4.99 Å². The molecule has 138 valence electrons. The number of hydrogen-bond donors (Lipinski definition) is 2. The van der Waals surface area contributed by atoms with E-state index in [0.29, 0.717) is 18.4 Å². The molecule has 1 aromatic carbocycles. The summed E-state index contributed by atoms with van der Waals surface area (Å²) in [5, 5.41) is 3.01. The van der Waals surface area contributed by atoms with E-state index in [9.17, 15) is 4.79 Å². The zero-order valence-corrected chi connectivity index (χ0v) is 17.2. The van der Waals surface area contributed by atoms with Gasteiger partial charge < -0.3 is 16.0 Å². The van der Waals surface area contributed by atoms with Crippen molar-refractivity contribution < 1.29 is 4.79 Å². The van der Waals surface area contributed by atoms with Gasteiger partial charge in [0.15, 0.2) is 5.96 Å². The van der Waals surface area contributed by atoms with E-state index >= 15 is 0 Å². The summed E-state index contributed by atoms with van der Waals surface area (Å²) < 4.78 is 0. The van der Waals surface area contributed by atoms with E-state index in [0.717, 1.165) is 37.2 Å². The van der Waals surface area contributed by atoms with Crippen molar-refractivity contribution in [3.63, 3.8) is 0 Å². The molecular formula is C19H29IN4O. The van der Waals surface area contributed by atoms with Crippen LogP contribution in [0.2, 0.25) is 0 Å². The number of hydrogen-bond acceptors (Lipinski definition) is 2. The Balaban J connectivity index is 0.00000225. The second-order valence-corrected chi connectivity index (χ2v) is 7.19. The average Bonchev–Trinajstić information content (AvgIpc) is 2.51. The maximum atomic E-state index is 12.0. The van der Waals surface area contributed by atoms with E-state index in [-0.39, 0.29) is 35.8 Å². The van der Waals surface area contributed by atoms with Gasteiger partial charge >= 0.3 is 0 Å². The Kier molecular flexibility index (Phi) is 7.53. The first-order valence-electron chi connectivity index (χ1n) is 9.06. The normalized spacial score (nSPS) is 21.2. The Bertz CT molecular complexity index is 615. The standard InChI is InChI=1S/C19H28N4O.HI/c1-14-5-4-10-23(13-14)19(20)21-12-15-6-2-9-17(11-15)22-18(24)16-7-3-8-16;/h2,6,9,11,14,16H,3-5,7-8,10,12-13H2,1H3,(H2,20,21)(H,22,24);1H. The third kappa shape index (κ3) is 5.59. The lowest BCUT2D eigenvalue weighted by atomic mass is 9.85. The van der Waals surface area contributed by atoms with Crippen molar-refractivity contribution in [3.05, 3.63) is 29.8 Å². The predicted molar refractivity (Wildman–Crippen MR) is 113 cm³/mol. The summed E-state index contributed by atoms with van der Waals surface area (Å²) in [5.41, 5.74) is 8.06. The first-order chi connectivity index (χ1) is 11.6. The molecule has 1 saturated heterocycles. The summed E-state index contributed by atoms with van der Waals surface area (Å²) in [5.74, 6) is 1.65. The molecule has 0 aromatic heterocycles. The van der Waals surface area contributed by atoms with Crippen molar-refractivity contribution >= 4 is 41.5 Å². The number of carbonyl (C=O) groups excluding carboxylic acids is 1. The van der Waals surface area contributed by atoms with E-state index in [1.807, 2.05) is 24.3 Å². The highest BCUT2D eigenvalue weighted by Gasteiger charge is 2.25. The monoisotopic (exact) mass is 456 g/mol. The first-order valence-corrected chi connectivity index (χ1v) is 9.06. The van der Waals surface area contributed by atoms with Crippen LogP contribution in [-0.4, -0.2) is 29.9 Å². The van der Waals surface area contributed by atoms with Crippen LogP contribution in [0, 0.1) is 11.8 Å². The van der Waals surface area contributed by atoms with Gasteiger partial charge in [0.25, 0.3) is 0 Å². The molecule has 1 amide bonds. The lowest BCUT2D eigenvalue weighted by Crippen LogP contribution is -2.43. The smallest absolute Gasteiger partial charge is 0.227 e. The van der Waals surface area contributed by atoms with Gasteiger partial charge in [-0.1, -0.05) is 25.5 Å². The van der Waals surface area contributed by atoms with Crippen molar-refractivity contribution in [1.82, 2.24) is 4.90 Å². The minimum absolute atomic E-state index is 0. The molecule has 1 aliphatic carbocycles. The van der Waals surface area contributed by atoms with Gasteiger partial charge in [-0.05, 0) is 49.3 Å². The Morgan fingerprint density at radius 2 is 2.12 bits per heavy atom. The topological polar surface area (TPSA) is 70.7 Å². The molecule has 25 heavy (non-hydrogen) atoms. The number of guanidine groups is 1. The molecule has 5 nitrogen and oxygen atoms in total. The molecule has 0 bridgehead atoms. The zero-order chi connectivity index (χ0) is 16.9. The van der Waals surface area contributed by atoms with Crippen LogP contribution in [0.4, 0.5) is 5.69 Å². The van der Waals surface area contributed by atoms with Crippen molar-refractivity contribution in [2.45, 2.75) is 45.6 Å². The number of amides is 1. The van der Waals surface area contributed by atoms with Gasteiger partial charge in [-0.2, -0.15) is 0 Å². The summed E-state index contributed by atoms with van der Waals surface area (Å²) in [6.07, 6.45) is 5.65. The van der Waals surface area contributed by atoms with Gasteiger partial charge in [0.05, 0.1) is 6.54 Å². The molecule has 0 radical (unpaired) electrons. The summed E-state index contributed by atoms with van der Waals surface area (Å²) in [4.78, 5) is 18.8. The zero-order valence-electron chi connectivity index (χ0n) is 14.9. The second kappa shape index (κ2) is 9.40. The van der Waals surface area contributed by atoms with E-state index in [2.05, 4.69) is 22.1 Å². The Labute approximate surface area is 167 Å². The Morgan fingerprint density at radius 1 is 1.32 bits per heavy atom. The number of likely N-dealkylation sites (tertiary alicyclic amines) is 1. The fourth-order valence-electron chi connectivity index (χ4n) is 3.33. The van der Waals surface area contributed by atoms with Gasteiger partial charge in [-0.3, -0.25) is 4.79 Å². The molecule has 2 fully saturated rings. The molecule has 6 heteroatoms. The van der Waals surface area contributed by atoms with Crippen LogP contribution < -0.4 is 11.1 Å². The van der Waals surface area contributed by atoms with Gasteiger partial charge in [0, 0.05) is 24.7 Å². The van der Waals surface area contributed by atoms with Crippen LogP contribution in [0.1, 0.15) is 44.6 Å². The fourth-order valence-corrected chi connectivity index (χ4v) is 3.33. The number of rotatable bonds is 4. The number of halogens is 1. The number of anilines is 1. The maximum Gasteiger partial charge on any atom is 0.227 e. The number of nitrogens with two attached hydrogens (primary N) is 1. The minimum Gasteiger partial charge on any atom is -0.370 e. The summed E-state index contributed by atoms with van der Waals surface area (Å²) in [7, 11) is 0. The number of nitrogens with one attached hydrogen (secondary N) is 1. The largest absolute Gasteiger partial charge is 0.370 e. The van der Waals surface area contributed by atoms with Crippen LogP contribution >= 0.6 is 24.0 Å². The second-order valence-electron chi connectivity index (χ2n) is 7.19. The van der Waals surface area contributed by atoms with E-state index in [4.69, 9.17) is 5.73 Å². The van der Waals surface area contributed by atoms with Gasteiger partial charge in [0.2, 0.25) is 5.91 Å². The third-order valence-electron chi connectivity index (χ3n) is 5.08. The van der Waals surface area contributed by atoms with Crippen LogP contribution in [0.15, 0.2) is 29.3 Å². The fraction of sp³-hybridized carbons (Fsp3) is 0.579. The first kappa shape index (κ1) is 20.0. The molecule has 1 aliphatic heterocycles. The van der Waals surface area contributed by atoms with Gasteiger partial charge in [0.1, 0.15) is 0 Å². The SMILES string of the molecule is CC1CCCN(C(N)=NCc2cccc(NC(=O)C3CCC3)c2)C1.I. The molecule has 1 saturated carbocycles. The number of benzene rings is 1. The minimum atomic E-state index is 0. The molecule has 1 aromatic rings. The number of piperidine rings is 1. The highest BCUT2D eigenvalue weighted by atomic mass is 127. The van der Waals surface area contributed by atoms with Crippen molar-refractivity contribution in [2.24, 2.45) is 22.6 Å². The molecule has 0 spiro atoms. The van der Waals surface area contributed by atoms with Crippen LogP contribution in [0.5, 0.6) is 0 Å². The molecular weight excluding hydrogens is 427 g/mol.